The number of aliphatic hydroxyl groups excluding tert-OH is 1. The van der Waals surface area contributed by atoms with Crippen LogP contribution in [0.25, 0.3) is 0 Å². The summed E-state index contributed by atoms with van der Waals surface area (Å²) in [6.07, 6.45) is 6.12. The van der Waals surface area contributed by atoms with E-state index in [-0.39, 0.29) is 0 Å². The Morgan fingerprint density at radius 2 is 2.00 bits per heavy atom. The summed E-state index contributed by atoms with van der Waals surface area (Å²) < 4.78 is 0. The summed E-state index contributed by atoms with van der Waals surface area (Å²) in [6.45, 7) is 5.17. The van der Waals surface area contributed by atoms with E-state index >= 15 is 0 Å². The zero-order valence-corrected chi connectivity index (χ0v) is 8.13. The summed E-state index contributed by atoms with van der Waals surface area (Å²) in [5.41, 5.74) is 0. The molecule has 0 aliphatic carbocycles. The molecule has 0 aromatic heterocycles. The lowest BCUT2D eigenvalue weighted by Crippen LogP contribution is -2.32. The first kappa shape index (κ1) is 10.0. The number of nitrogens with zero attached hydrogens (tertiary/aromatic N) is 1. The molecule has 0 radical (unpaired) electrons. The van der Waals surface area contributed by atoms with Gasteiger partial charge in [0.1, 0.15) is 0 Å². The Morgan fingerprint density at radius 1 is 1.33 bits per heavy atom. The molecule has 0 aromatic rings. The van der Waals surface area contributed by atoms with Gasteiger partial charge in [0, 0.05) is 12.6 Å². The Hall–Kier alpha value is -0.0800. The summed E-state index contributed by atoms with van der Waals surface area (Å²) in [7, 11) is 0. The molecule has 0 spiro atoms. The molecule has 1 atom stereocenters. The minimum atomic E-state index is 0.352. The molecule has 72 valence electrons. The van der Waals surface area contributed by atoms with Crippen molar-refractivity contribution >= 4 is 0 Å². The van der Waals surface area contributed by atoms with Crippen molar-refractivity contribution in [3.8, 4) is 0 Å². The third kappa shape index (κ3) is 2.76. The first-order valence-corrected chi connectivity index (χ1v) is 5.23. The monoisotopic (exact) mass is 171 g/mol. The van der Waals surface area contributed by atoms with E-state index in [2.05, 4.69) is 11.8 Å². The van der Waals surface area contributed by atoms with E-state index < -0.39 is 0 Å². The molecule has 1 aliphatic rings. The molecule has 0 amide bonds. The summed E-state index contributed by atoms with van der Waals surface area (Å²) in [4.78, 5) is 2.58. The van der Waals surface area contributed by atoms with Gasteiger partial charge in [-0.3, -0.25) is 0 Å². The fourth-order valence-electron chi connectivity index (χ4n) is 2.08. The highest BCUT2D eigenvalue weighted by Crippen LogP contribution is 2.17. The molecule has 1 heterocycles. The minimum absolute atomic E-state index is 0.352. The molecule has 2 heteroatoms. The van der Waals surface area contributed by atoms with E-state index in [0.717, 1.165) is 12.5 Å². The van der Waals surface area contributed by atoms with Crippen LogP contribution in [0.5, 0.6) is 0 Å². The molecule has 0 saturated carbocycles. The first-order chi connectivity index (χ1) is 5.88. The van der Waals surface area contributed by atoms with Crippen molar-refractivity contribution in [1.82, 2.24) is 4.90 Å². The van der Waals surface area contributed by atoms with Gasteiger partial charge in [0.05, 0.1) is 0 Å². The van der Waals surface area contributed by atoms with Gasteiger partial charge in [-0.05, 0) is 45.2 Å². The van der Waals surface area contributed by atoms with E-state index in [1.807, 2.05) is 0 Å². The summed E-state index contributed by atoms with van der Waals surface area (Å²) >= 11 is 0. The molecule has 1 unspecified atom stereocenters. The van der Waals surface area contributed by atoms with E-state index in [1.54, 1.807) is 0 Å². The number of rotatable bonds is 5. The second-order valence-electron chi connectivity index (χ2n) is 3.67. The molecule has 1 aliphatic heterocycles. The van der Waals surface area contributed by atoms with Gasteiger partial charge in [-0.25, -0.2) is 0 Å². The molecule has 1 N–H and O–H groups in total. The predicted molar refractivity (Wildman–Crippen MR) is 51.2 cm³/mol. The average molecular weight is 171 g/mol. The molecule has 1 saturated heterocycles. The molecule has 2 nitrogen and oxygen atoms in total. The van der Waals surface area contributed by atoms with Gasteiger partial charge in [0.15, 0.2) is 0 Å². The van der Waals surface area contributed by atoms with Crippen molar-refractivity contribution in [3.05, 3.63) is 0 Å². The Morgan fingerprint density at radius 3 is 2.50 bits per heavy atom. The average Bonchev–Trinajstić information content (AvgIpc) is 2.59. The lowest BCUT2D eigenvalue weighted by molar-refractivity contribution is 0.201. The quantitative estimate of drug-likeness (QED) is 0.679. The predicted octanol–water partition coefficient (Wildman–Crippen LogP) is 1.63. The topological polar surface area (TPSA) is 23.5 Å². The second-order valence-corrected chi connectivity index (χ2v) is 3.67. The van der Waals surface area contributed by atoms with Gasteiger partial charge in [-0.15, -0.1) is 0 Å². The van der Waals surface area contributed by atoms with E-state index in [9.17, 15) is 0 Å². The molecule has 1 rings (SSSR count). The van der Waals surface area contributed by atoms with Crippen LogP contribution in [-0.4, -0.2) is 35.7 Å². The first-order valence-electron chi connectivity index (χ1n) is 5.23. The fourth-order valence-corrected chi connectivity index (χ4v) is 2.08. The summed E-state index contributed by atoms with van der Waals surface area (Å²) in [5.74, 6) is 0. The van der Waals surface area contributed by atoms with Crippen LogP contribution < -0.4 is 0 Å². The maximum absolute atomic E-state index is 8.73. The van der Waals surface area contributed by atoms with E-state index in [4.69, 9.17) is 5.11 Å². The summed E-state index contributed by atoms with van der Waals surface area (Å²) in [5, 5.41) is 8.73. The van der Waals surface area contributed by atoms with Crippen molar-refractivity contribution in [2.45, 2.75) is 45.1 Å². The van der Waals surface area contributed by atoms with E-state index in [0.29, 0.717) is 6.61 Å². The van der Waals surface area contributed by atoms with Crippen molar-refractivity contribution in [1.29, 1.82) is 0 Å². The number of hydrogen-bond donors (Lipinski definition) is 1. The van der Waals surface area contributed by atoms with Crippen LogP contribution in [0.3, 0.4) is 0 Å². The Bertz CT molecular complexity index is 110. The summed E-state index contributed by atoms with van der Waals surface area (Å²) in [6, 6.07) is 0.736. The van der Waals surface area contributed by atoms with Gasteiger partial charge < -0.3 is 10.0 Å². The van der Waals surface area contributed by atoms with Gasteiger partial charge in [0.2, 0.25) is 0 Å². The molecular weight excluding hydrogens is 150 g/mol. The largest absolute Gasteiger partial charge is 0.396 e. The van der Waals surface area contributed by atoms with Gasteiger partial charge in [-0.2, -0.15) is 0 Å². The zero-order chi connectivity index (χ0) is 8.81. The maximum atomic E-state index is 8.73. The van der Waals surface area contributed by atoms with Gasteiger partial charge in [-0.1, -0.05) is 6.92 Å². The van der Waals surface area contributed by atoms with E-state index in [1.165, 1.54) is 38.8 Å². The molecule has 0 bridgehead atoms. The van der Waals surface area contributed by atoms with Gasteiger partial charge in [0.25, 0.3) is 0 Å². The van der Waals surface area contributed by atoms with Crippen LogP contribution in [0.4, 0.5) is 0 Å². The highest BCUT2D eigenvalue weighted by atomic mass is 16.2. The SMILES string of the molecule is CCC(CCCO)N1CCCC1. The van der Waals surface area contributed by atoms with Crippen LogP contribution in [0.1, 0.15) is 39.0 Å². The minimum Gasteiger partial charge on any atom is -0.396 e. The smallest absolute Gasteiger partial charge is 0.0431 e. The van der Waals surface area contributed by atoms with Crippen molar-refractivity contribution in [3.63, 3.8) is 0 Å². The van der Waals surface area contributed by atoms with Crippen molar-refractivity contribution in [2.24, 2.45) is 0 Å². The van der Waals surface area contributed by atoms with Crippen LogP contribution in [-0.2, 0) is 0 Å². The Balaban J connectivity index is 2.22. The molecule has 1 fully saturated rings. The molecule has 0 aromatic carbocycles. The van der Waals surface area contributed by atoms with Crippen molar-refractivity contribution < 1.29 is 5.11 Å². The van der Waals surface area contributed by atoms with Crippen LogP contribution >= 0.6 is 0 Å². The molecular formula is C10H21NO. The van der Waals surface area contributed by atoms with Crippen molar-refractivity contribution in [2.75, 3.05) is 19.7 Å². The normalized spacial score (nSPS) is 21.5. The molecule has 12 heavy (non-hydrogen) atoms. The highest BCUT2D eigenvalue weighted by Gasteiger charge is 2.19. The maximum Gasteiger partial charge on any atom is 0.0431 e. The number of hydrogen-bond acceptors (Lipinski definition) is 2. The number of aliphatic hydroxyl groups is 1. The third-order valence-corrected chi connectivity index (χ3v) is 2.82. The second kappa shape index (κ2) is 5.55. The van der Waals surface area contributed by atoms with Crippen LogP contribution in [0.2, 0.25) is 0 Å². The van der Waals surface area contributed by atoms with Crippen LogP contribution in [0.15, 0.2) is 0 Å². The standard InChI is InChI=1S/C10H21NO/c1-2-10(6-5-9-12)11-7-3-4-8-11/h10,12H,2-9H2,1H3. The van der Waals surface area contributed by atoms with Gasteiger partial charge >= 0.3 is 0 Å². The Labute approximate surface area is 75.6 Å². The van der Waals surface area contributed by atoms with Crippen LogP contribution in [0, 0.1) is 0 Å². The highest BCUT2D eigenvalue weighted by molar-refractivity contribution is 4.74. The lowest BCUT2D eigenvalue weighted by Gasteiger charge is -2.25. The lowest BCUT2D eigenvalue weighted by atomic mass is 10.1. The Kier molecular flexibility index (Phi) is 4.62. The number of likely N-dealkylation sites (tertiary alicyclic amines) is 1. The third-order valence-electron chi connectivity index (χ3n) is 2.82. The fraction of sp³-hybridized carbons (Fsp3) is 1.00. The zero-order valence-electron chi connectivity index (χ0n) is 8.13.